The van der Waals surface area contributed by atoms with Crippen molar-refractivity contribution in [3.8, 4) is 0 Å². The summed E-state index contributed by atoms with van der Waals surface area (Å²) in [5, 5.41) is 7.90. The van der Waals surface area contributed by atoms with Crippen LogP contribution in [0, 0.1) is 13.8 Å². The van der Waals surface area contributed by atoms with E-state index in [2.05, 4.69) is 49.0 Å². The molecule has 2 heterocycles. The monoisotopic (exact) mass is 251 g/mol. The summed E-state index contributed by atoms with van der Waals surface area (Å²) in [7, 11) is 0. The van der Waals surface area contributed by atoms with Crippen molar-refractivity contribution in [2.45, 2.75) is 33.4 Å². The van der Waals surface area contributed by atoms with E-state index in [1.165, 1.54) is 20.9 Å². The summed E-state index contributed by atoms with van der Waals surface area (Å²) in [6, 6.07) is 4.91. The first kappa shape index (κ1) is 11.8. The first-order valence-corrected chi connectivity index (χ1v) is 7.24. The lowest BCUT2D eigenvalue weighted by atomic mass is 10.2. The topological polar surface area (TPSA) is 12.0 Å². The van der Waals surface area contributed by atoms with Crippen LogP contribution >= 0.6 is 22.7 Å². The maximum Gasteiger partial charge on any atom is 0.0305 e. The maximum atomic E-state index is 3.56. The Morgan fingerprint density at radius 1 is 1.38 bits per heavy atom. The summed E-state index contributed by atoms with van der Waals surface area (Å²) in [6.45, 7) is 7.55. The zero-order chi connectivity index (χ0) is 11.5. The highest BCUT2D eigenvalue weighted by Crippen LogP contribution is 2.22. The number of rotatable bonds is 4. The molecule has 0 saturated heterocycles. The van der Waals surface area contributed by atoms with E-state index < -0.39 is 0 Å². The number of hydrogen-bond acceptors (Lipinski definition) is 3. The molecule has 0 amide bonds. The second-order valence-electron chi connectivity index (χ2n) is 4.11. The molecule has 1 atom stereocenters. The minimum atomic E-state index is 0.439. The molecule has 1 N–H and O–H groups in total. The van der Waals surface area contributed by atoms with Crippen molar-refractivity contribution in [3.05, 3.63) is 43.8 Å². The Bertz CT molecular complexity index is 423. The van der Waals surface area contributed by atoms with Gasteiger partial charge in [-0.1, -0.05) is 0 Å². The number of hydrogen-bond donors (Lipinski definition) is 1. The van der Waals surface area contributed by atoms with Gasteiger partial charge in [0.1, 0.15) is 0 Å². The first-order valence-electron chi connectivity index (χ1n) is 5.48. The SMILES string of the molecule is Cc1cc(CNC(C)c2ccsc2)sc1C. The molecule has 2 aromatic heterocycles. The average molecular weight is 251 g/mol. The zero-order valence-corrected chi connectivity index (χ0v) is 11.5. The number of nitrogens with one attached hydrogen (secondary N) is 1. The molecule has 0 aliphatic rings. The molecule has 1 nitrogen and oxygen atoms in total. The van der Waals surface area contributed by atoms with Crippen LogP contribution in [0.15, 0.2) is 22.9 Å². The van der Waals surface area contributed by atoms with Crippen molar-refractivity contribution < 1.29 is 0 Å². The van der Waals surface area contributed by atoms with Crippen LogP contribution in [0.5, 0.6) is 0 Å². The van der Waals surface area contributed by atoms with E-state index in [0.29, 0.717) is 6.04 Å². The molecule has 0 saturated carbocycles. The van der Waals surface area contributed by atoms with Gasteiger partial charge in [0.05, 0.1) is 0 Å². The van der Waals surface area contributed by atoms with Gasteiger partial charge < -0.3 is 5.32 Å². The van der Waals surface area contributed by atoms with Crippen LogP contribution in [0.25, 0.3) is 0 Å². The summed E-state index contributed by atoms with van der Waals surface area (Å²) in [6.07, 6.45) is 0. The minimum Gasteiger partial charge on any atom is -0.305 e. The highest BCUT2D eigenvalue weighted by molar-refractivity contribution is 7.12. The molecule has 0 aliphatic carbocycles. The van der Waals surface area contributed by atoms with Gasteiger partial charge in [-0.3, -0.25) is 0 Å². The Labute approximate surface area is 105 Å². The van der Waals surface area contributed by atoms with Gasteiger partial charge in [0, 0.05) is 22.3 Å². The van der Waals surface area contributed by atoms with Crippen molar-refractivity contribution >= 4 is 22.7 Å². The lowest BCUT2D eigenvalue weighted by molar-refractivity contribution is 0.580. The molecule has 0 fully saturated rings. The van der Waals surface area contributed by atoms with E-state index in [1.807, 2.05) is 11.3 Å². The van der Waals surface area contributed by atoms with Crippen LogP contribution in [-0.2, 0) is 6.54 Å². The summed E-state index contributed by atoms with van der Waals surface area (Å²) in [5.74, 6) is 0. The van der Waals surface area contributed by atoms with E-state index in [-0.39, 0.29) is 0 Å². The first-order chi connectivity index (χ1) is 7.66. The molecule has 2 rings (SSSR count). The van der Waals surface area contributed by atoms with Crippen LogP contribution in [0.3, 0.4) is 0 Å². The number of thiophene rings is 2. The molecule has 3 heteroatoms. The molecule has 0 radical (unpaired) electrons. The van der Waals surface area contributed by atoms with Crippen LogP contribution in [0.4, 0.5) is 0 Å². The quantitative estimate of drug-likeness (QED) is 0.855. The fourth-order valence-corrected chi connectivity index (χ4v) is 3.39. The molecule has 2 aromatic rings. The van der Waals surface area contributed by atoms with Crippen molar-refractivity contribution in [2.24, 2.45) is 0 Å². The lowest BCUT2D eigenvalue weighted by Gasteiger charge is -2.11. The molecular formula is C13H17NS2. The van der Waals surface area contributed by atoms with Crippen molar-refractivity contribution in [3.63, 3.8) is 0 Å². The van der Waals surface area contributed by atoms with E-state index in [0.717, 1.165) is 6.54 Å². The lowest BCUT2D eigenvalue weighted by Crippen LogP contribution is -2.16. The standard InChI is InChI=1S/C13H17NS2/c1-9-6-13(16-11(9)3)7-14-10(2)12-4-5-15-8-12/h4-6,8,10,14H,7H2,1-3H3. The average Bonchev–Trinajstić information content (AvgIpc) is 2.86. The summed E-state index contributed by atoms with van der Waals surface area (Å²) in [5.41, 5.74) is 2.79. The molecule has 0 aromatic carbocycles. The Kier molecular flexibility index (Phi) is 3.79. The van der Waals surface area contributed by atoms with Crippen LogP contribution in [0.2, 0.25) is 0 Å². The van der Waals surface area contributed by atoms with Crippen molar-refractivity contribution in [1.82, 2.24) is 5.32 Å². The highest BCUT2D eigenvalue weighted by atomic mass is 32.1. The third-order valence-electron chi connectivity index (χ3n) is 2.84. The van der Waals surface area contributed by atoms with Gasteiger partial charge >= 0.3 is 0 Å². The van der Waals surface area contributed by atoms with Gasteiger partial charge in [-0.25, -0.2) is 0 Å². The fourth-order valence-electron chi connectivity index (χ4n) is 1.63. The predicted octanol–water partition coefficient (Wildman–Crippen LogP) is 4.28. The third kappa shape index (κ3) is 2.73. The molecule has 0 bridgehead atoms. The summed E-state index contributed by atoms with van der Waals surface area (Å²) >= 11 is 3.65. The van der Waals surface area contributed by atoms with Gasteiger partial charge in [0.25, 0.3) is 0 Å². The molecule has 86 valence electrons. The third-order valence-corrected chi connectivity index (χ3v) is 4.70. The van der Waals surface area contributed by atoms with E-state index >= 15 is 0 Å². The fraction of sp³-hybridized carbons (Fsp3) is 0.385. The molecule has 0 spiro atoms. The zero-order valence-electron chi connectivity index (χ0n) is 9.91. The van der Waals surface area contributed by atoms with Gasteiger partial charge in [-0.15, -0.1) is 11.3 Å². The molecular weight excluding hydrogens is 234 g/mol. The number of aryl methyl sites for hydroxylation is 2. The maximum absolute atomic E-state index is 3.56. The van der Waals surface area contributed by atoms with E-state index in [1.54, 1.807) is 11.3 Å². The molecule has 1 unspecified atom stereocenters. The van der Waals surface area contributed by atoms with Crippen molar-refractivity contribution in [1.29, 1.82) is 0 Å². The second-order valence-corrected chi connectivity index (χ2v) is 6.23. The Balaban J connectivity index is 1.92. The normalized spacial score (nSPS) is 12.9. The van der Waals surface area contributed by atoms with Gasteiger partial charge in [0.2, 0.25) is 0 Å². The van der Waals surface area contributed by atoms with Crippen LogP contribution < -0.4 is 5.32 Å². The summed E-state index contributed by atoms with van der Waals surface area (Å²) < 4.78 is 0. The minimum absolute atomic E-state index is 0.439. The van der Waals surface area contributed by atoms with Crippen LogP contribution in [-0.4, -0.2) is 0 Å². The smallest absolute Gasteiger partial charge is 0.0305 e. The Morgan fingerprint density at radius 2 is 2.19 bits per heavy atom. The summed E-state index contributed by atoms with van der Waals surface area (Å²) in [4.78, 5) is 2.86. The molecule has 0 aliphatic heterocycles. The molecule has 16 heavy (non-hydrogen) atoms. The Hall–Kier alpha value is -0.640. The van der Waals surface area contributed by atoms with E-state index in [9.17, 15) is 0 Å². The van der Waals surface area contributed by atoms with E-state index in [4.69, 9.17) is 0 Å². The highest BCUT2D eigenvalue weighted by Gasteiger charge is 2.06. The van der Waals surface area contributed by atoms with Gasteiger partial charge in [0.15, 0.2) is 0 Å². The van der Waals surface area contributed by atoms with Gasteiger partial charge in [-0.2, -0.15) is 11.3 Å². The second kappa shape index (κ2) is 5.13. The van der Waals surface area contributed by atoms with Crippen LogP contribution in [0.1, 0.15) is 33.8 Å². The van der Waals surface area contributed by atoms with Gasteiger partial charge in [-0.05, 0) is 54.8 Å². The predicted molar refractivity (Wildman–Crippen MR) is 73.4 cm³/mol. The largest absolute Gasteiger partial charge is 0.305 e. The Morgan fingerprint density at radius 3 is 2.75 bits per heavy atom. The van der Waals surface area contributed by atoms with Crippen molar-refractivity contribution in [2.75, 3.05) is 0 Å².